The normalized spacial score (nSPS) is 20.8. The predicted molar refractivity (Wildman–Crippen MR) is 104 cm³/mol. The molecule has 0 saturated carbocycles. The molecule has 1 aromatic rings. The highest BCUT2D eigenvalue weighted by atomic mass is 16.2. The second kappa shape index (κ2) is 7.36. The Kier molecular flexibility index (Phi) is 5.38. The van der Waals surface area contributed by atoms with Gasteiger partial charge in [0.25, 0.3) is 0 Å². The Morgan fingerprint density at radius 1 is 0.920 bits per heavy atom. The van der Waals surface area contributed by atoms with Gasteiger partial charge in [-0.25, -0.2) is 0 Å². The van der Waals surface area contributed by atoms with E-state index >= 15 is 0 Å². The van der Waals surface area contributed by atoms with Crippen LogP contribution in [-0.4, -0.2) is 60.5 Å². The molecule has 0 bridgehead atoms. The quantitative estimate of drug-likeness (QED) is 0.825. The highest BCUT2D eigenvalue weighted by molar-refractivity contribution is 5.79. The van der Waals surface area contributed by atoms with Gasteiger partial charge in [0.1, 0.15) is 0 Å². The number of aryl methyl sites for hydroxylation is 1. The van der Waals surface area contributed by atoms with E-state index in [-0.39, 0.29) is 11.5 Å². The monoisotopic (exact) mass is 343 g/mol. The van der Waals surface area contributed by atoms with Gasteiger partial charge in [0.15, 0.2) is 0 Å². The molecule has 2 aliphatic heterocycles. The molecule has 2 saturated heterocycles. The van der Waals surface area contributed by atoms with Crippen molar-refractivity contribution in [1.29, 1.82) is 0 Å². The van der Waals surface area contributed by atoms with E-state index in [1.165, 1.54) is 11.3 Å². The zero-order valence-electron chi connectivity index (χ0n) is 16.3. The largest absolute Gasteiger partial charge is 0.368 e. The number of likely N-dealkylation sites (tertiary alicyclic amines) is 1. The summed E-state index contributed by atoms with van der Waals surface area (Å²) in [5.74, 6) is 0.613. The Morgan fingerprint density at radius 3 is 2.00 bits per heavy atom. The first-order chi connectivity index (χ1) is 11.8. The molecule has 138 valence electrons. The molecule has 0 N–H and O–H groups in total. The smallest absolute Gasteiger partial charge is 0.225 e. The highest BCUT2D eigenvalue weighted by Gasteiger charge is 2.33. The molecule has 0 aliphatic carbocycles. The summed E-state index contributed by atoms with van der Waals surface area (Å²) >= 11 is 0. The predicted octanol–water partition coefficient (Wildman–Crippen LogP) is 3.15. The van der Waals surface area contributed by atoms with Gasteiger partial charge in [-0.2, -0.15) is 0 Å². The fraction of sp³-hybridized carbons (Fsp3) is 0.667. The average molecular weight is 344 g/mol. The summed E-state index contributed by atoms with van der Waals surface area (Å²) in [7, 11) is 0. The Morgan fingerprint density at radius 2 is 1.48 bits per heavy atom. The summed E-state index contributed by atoms with van der Waals surface area (Å²) in [4.78, 5) is 19.9. The van der Waals surface area contributed by atoms with Gasteiger partial charge in [-0.05, 0) is 65.8 Å². The second-order valence-electron chi connectivity index (χ2n) is 8.58. The molecule has 0 spiro atoms. The van der Waals surface area contributed by atoms with Crippen LogP contribution < -0.4 is 4.90 Å². The Bertz CT molecular complexity index is 574. The van der Waals surface area contributed by atoms with E-state index < -0.39 is 0 Å². The lowest BCUT2D eigenvalue weighted by atomic mass is 9.91. The lowest BCUT2D eigenvalue weighted by molar-refractivity contribution is -0.137. The van der Waals surface area contributed by atoms with E-state index in [0.29, 0.717) is 5.91 Å². The molecule has 4 nitrogen and oxygen atoms in total. The zero-order valence-corrected chi connectivity index (χ0v) is 16.3. The number of anilines is 1. The maximum absolute atomic E-state index is 12.9. The van der Waals surface area contributed by atoms with Gasteiger partial charge in [0.2, 0.25) is 5.91 Å². The summed E-state index contributed by atoms with van der Waals surface area (Å²) in [5, 5.41) is 0. The summed E-state index contributed by atoms with van der Waals surface area (Å²) in [6.45, 7) is 14.6. The van der Waals surface area contributed by atoms with Gasteiger partial charge in [-0.15, -0.1) is 0 Å². The number of nitrogens with zero attached hydrogens (tertiary/aromatic N) is 3. The van der Waals surface area contributed by atoms with E-state index in [4.69, 9.17) is 0 Å². The van der Waals surface area contributed by atoms with Crippen molar-refractivity contribution in [2.24, 2.45) is 5.92 Å². The van der Waals surface area contributed by atoms with Crippen LogP contribution in [0.1, 0.15) is 39.2 Å². The van der Waals surface area contributed by atoms with Crippen LogP contribution >= 0.6 is 0 Å². The first-order valence-electron chi connectivity index (χ1n) is 9.70. The summed E-state index contributed by atoms with van der Waals surface area (Å²) < 4.78 is 0. The van der Waals surface area contributed by atoms with Crippen LogP contribution in [0.25, 0.3) is 0 Å². The molecule has 0 radical (unpaired) electrons. The van der Waals surface area contributed by atoms with E-state index in [1.54, 1.807) is 0 Å². The molecule has 2 heterocycles. The molecule has 2 aliphatic rings. The molecule has 1 amide bonds. The first-order valence-corrected chi connectivity index (χ1v) is 9.70. The third-order valence-electron chi connectivity index (χ3n) is 5.78. The summed E-state index contributed by atoms with van der Waals surface area (Å²) in [6, 6.07) is 8.70. The first kappa shape index (κ1) is 18.2. The third-order valence-corrected chi connectivity index (χ3v) is 5.78. The minimum Gasteiger partial charge on any atom is -0.368 e. The molecule has 3 rings (SSSR count). The lowest BCUT2D eigenvalue weighted by Gasteiger charge is -2.42. The molecule has 2 fully saturated rings. The van der Waals surface area contributed by atoms with Gasteiger partial charge < -0.3 is 9.80 Å². The molecule has 0 aromatic heterocycles. The van der Waals surface area contributed by atoms with Crippen LogP contribution in [-0.2, 0) is 4.79 Å². The van der Waals surface area contributed by atoms with Gasteiger partial charge >= 0.3 is 0 Å². The van der Waals surface area contributed by atoms with Gasteiger partial charge in [0.05, 0.1) is 0 Å². The van der Waals surface area contributed by atoms with E-state index in [1.807, 2.05) is 0 Å². The zero-order chi connectivity index (χ0) is 18.0. The topological polar surface area (TPSA) is 26.8 Å². The number of hydrogen-bond donors (Lipinski definition) is 0. The molecule has 25 heavy (non-hydrogen) atoms. The van der Waals surface area contributed by atoms with Gasteiger partial charge in [-0.1, -0.05) is 17.7 Å². The van der Waals surface area contributed by atoms with Crippen molar-refractivity contribution in [3.63, 3.8) is 0 Å². The minimum atomic E-state index is 0.216. The average Bonchev–Trinajstić information content (AvgIpc) is 2.61. The highest BCUT2D eigenvalue weighted by Crippen LogP contribution is 2.26. The number of carbonyl (C=O) groups is 1. The number of hydrogen-bond acceptors (Lipinski definition) is 3. The van der Waals surface area contributed by atoms with Crippen LogP contribution in [0.2, 0.25) is 0 Å². The Balaban J connectivity index is 1.50. The third kappa shape index (κ3) is 4.35. The van der Waals surface area contributed by atoms with E-state index in [9.17, 15) is 4.79 Å². The molecule has 4 heteroatoms. The van der Waals surface area contributed by atoms with Crippen molar-refractivity contribution in [2.75, 3.05) is 44.2 Å². The van der Waals surface area contributed by atoms with Crippen molar-refractivity contribution in [3.05, 3.63) is 29.8 Å². The number of piperidine rings is 1. The lowest BCUT2D eigenvalue weighted by Crippen LogP contribution is -2.53. The molecule has 0 unspecified atom stereocenters. The number of amides is 1. The van der Waals surface area contributed by atoms with Crippen molar-refractivity contribution in [1.82, 2.24) is 9.80 Å². The Hall–Kier alpha value is -1.55. The summed E-state index contributed by atoms with van der Waals surface area (Å²) in [6.07, 6.45) is 2.02. The van der Waals surface area contributed by atoms with Crippen LogP contribution in [0.5, 0.6) is 0 Å². The standard InChI is InChI=1S/C21H33N3O/c1-17-5-7-19(8-6-17)22-13-15-23(16-14-22)20(25)18-9-11-24(12-10-18)21(2,3)4/h5-8,18H,9-16H2,1-4H3. The molecule has 1 aromatic carbocycles. The second-order valence-corrected chi connectivity index (χ2v) is 8.58. The van der Waals surface area contributed by atoms with Crippen molar-refractivity contribution in [3.8, 4) is 0 Å². The number of piperazine rings is 1. The fourth-order valence-electron chi connectivity index (χ4n) is 4.00. The van der Waals surface area contributed by atoms with Gasteiger partial charge in [-0.3, -0.25) is 9.69 Å². The molecule has 0 atom stereocenters. The minimum absolute atomic E-state index is 0.216. The van der Waals surface area contributed by atoms with Crippen LogP contribution in [0.15, 0.2) is 24.3 Å². The SMILES string of the molecule is Cc1ccc(N2CCN(C(=O)C3CCN(C(C)(C)C)CC3)CC2)cc1. The van der Waals surface area contributed by atoms with Crippen LogP contribution in [0.3, 0.4) is 0 Å². The fourth-order valence-corrected chi connectivity index (χ4v) is 4.00. The number of benzene rings is 1. The Labute approximate surface area is 152 Å². The van der Waals surface area contributed by atoms with Crippen LogP contribution in [0.4, 0.5) is 5.69 Å². The maximum Gasteiger partial charge on any atom is 0.225 e. The van der Waals surface area contributed by atoms with Crippen molar-refractivity contribution >= 4 is 11.6 Å². The van der Waals surface area contributed by atoms with E-state index in [0.717, 1.165) is 52.1 Å². The number of carbonyl (C=O) groups excluding carboxylic acids is 1. The molecular formula is C21H33N3O. The van der Waals surface area contributed by atoms with Crippen molar-refractivity contribution < 1.29 is 4.79 Å². The maximum atomic E-state index is 12.9. The van der Waals surface area contributed by atoms with Crippen molar-refractivity contribution in [2.45, 2.75) is 46.1 Å². The summed E-state index contributed by atoms with van der Waals surface area (Å²) in [5.41, 5.74) is 2.78. The van der Waals surface area contributed by atoms with Gasteiger partial charge in [0, 0.05) is 43.3 Å². The molecular weight excluding hydrogens is 310 g/mol. The van der Waals surface area contributed by atoms with Crippen LogP contribution in [0, 0.1) is 12.8 Å². The van der Waals surface area contributed by atoms with E-state index in [2.05, 4.69) is 66.7 Å². The number of rotatable bonds is 2.